The fourth-order valence-corrected chi connectivity index (χ4v) is 5.07. The van der Waals surface area contributed by atoms with E-state index in [0.29, 0.717) is 16.3 Å². The van der Waals surface area contributed by atoms with Crippen molar-refractivity contribution < 1.29 is 28.7 Å². The summed E-state index contributed by atoms with van der Waals surface area (Å²) in [6.07, 6.45) is -0.163. The SMILES string of the molecule is CCOC(=O)c1c(NC(=O)COC(=O)CC2Sc3ccccc3NC2=O)sc(C)c1C. The van der Waals surface area contributed by atoms with Gasteiger partial charge >= 0.3 is 11.9 Å². The number of anilines is 2. The van der Waals surface area contributed by atoms with Gasteiger partial charge in [0.2, 0.25) is 5.91 Å². The van der Waals surface area contributed by atoms with Gasteiger partial charge in [0, 0.05) is 9.77 Å². The second-order valence-electron chi connectivity index (χ2n) is 6.71. The van der Waals surface area contributed by atoms with Gasteiger partial charge in [0.25, 0.3) is 5.91 Å². The Morgan fingerprint density at radius 1 is 1.16 bits per heavy atom. The summed E-state index contributed by atoms with van der Waals surface area (Å²) in [7, 11) is 0. The molecule has 1 aromatic carbocycles. The van der Waals surface area contributed by atoms with Crippen LogP contribution in [0.2, 0.25) is 0 Å². The third-order valence-electron chi connectivity index (χ3n) is 4.54. The van der Waals surface area contributed by atoms with Crippen molar-refractivity contribution in [3.05, 3.63) is 40.3 Å². The predicted molar refractivity (Wildman–Crippen MR) is 119 cm³/mol. The highest BCUT2D eigenvalue weighted by atomic mass is 32.2. The summed E-state index contributed by atoms with van der Waals surface area (Å²) in [6.45, 7) is 5.01. The molecule has 1 aliphatic rings. The highest BCUT2D eigenvalue weighted by molar-refractivity contribution is 8.01. The average Bonchev–Trinajstić information content (AvgIpc) is 3.00. The van der Waals surface area contributed by atoms with E-state index in [9.17, 15) is 19.2 Å². The van der Waals surface area contributed by atoms with E-state index in [2.05, 4.69) is 10.6 Å². The lowest BCUT2D eigenvalue weighted by Gasteiger charge is -2.23. The van der Waals surface area contributed by atoms with Gasteiger partial charge in [-0.15, -0.1) is 23.1 Å². The molecule has 164 valence electrons. The molecule has 31 heavy (non-hydrogen) atoms. The van der Waals surface area contributed by atoms with Crippen LogP contribution in [0, 0.1) is 13.8 Å². The van der Waals surface area contributed by atoms with Gasteiger partial charge in [-0.1, -0.05) is 12.1 Å². The first-order valence-electron chi connectivity index (χ1n) is 9.59. The molecule has 2 amide bonds. The molecule has 0 aliphatic carbocycles. The number of aryl methyl sites for hydroxylation is 1. The molecule has 10 heteroatoms. The topological polar surface area (TPSA) is 111 Å². The minimum absolute atomic E-state index is 0.163. The van der Waals surface area contributed by atoms with Gasteiger partial charge in [0.15, 0.2) is 6.61 Å². The number of carbonyl (C=O) groups is 4. The first kappa shape index (κ1) is 22.8. The van der Waals surface area contributed by atoms with E-state index in [1.165, 1.54) is 23.1 Å². The molecule has 1 atom stereocenters. The number of amides is 2. The number of fused-ring (bicyclic) bond motifs is 1. The van der Waals surface area contributed by atoms with Crippen molar-refractivity contribution in [1.29, 1.82) is 0 Å². The van der Waals surface area contributed by atoms with Gasteiger partial charge < -0.3 is 20.1 Å². The van der Waals surface area contributed by atoms with Crippen molar-refractivity contribution in [1.82, 2.24) is 0 Å². The van der Waals surface area contributed by atoms with Gasteiger partial charge in [0.1, 0.15) is 5.00 Å². The maximum Gasteiger partial charge on any atom is 0.341 e. The minimum Gasteiger partial charge on any atom is -0.462 e. The van der Waals surface area contributed by atoms with Crippen LogP contribution in [0.5, 0.6) is 0 Å². The van der Waals surface area contributed by atoms with Crippen LogP contribution in [0.3, 0.4) is 0 Å². The van der Waals surface area contributed by atoms with Gasteiger partial charge in [0.05, 0.1) is 29.5 Å². The van der Waals surface area contributed by atoms with Crippen molar-refractivity contribution >= 4 is 57.5 Å². The largest absolute Gasteiger partial charge is 0.462 e. The second kappa shape index (κ2) is 9.97. The summed E-state index contributed by atoms with van der Waals surface area (Å²) in [5.41, 5.74) is 1.75. The number of para-hydroxylation sites is 1. The van der Waals surface area contributed by atoms with Gasteiger partial charge in [-0.3, -0.25) is 14.4 Å². The second-order valence-corrected chi connectivity index (χ2v) is 9.18. The van der Waals surface area contributed by atoms with E-state index in [-0.39, 0.29) is 18.9 Å². The lowest BCUT2D eigenvalue weighted by atomic mass is 10.1. The van der Waals surface area contributed by atoms with E-state index in [4.69, 9.17) is 9.47 Å². The molecule has 1 aliphatic heterocycles. The lowest BCUT2D eigenvalue weighted by Crippen LogP contribution is -2.32. The van der Waals surface area contributed by atoms with Crippen molar-refractivity contribution in [2.75, 3.05) is 23.8 Å². The number of nitrogens with one attached hydrogen (secondary N) is 2. The molecule has 1 unspecified atom stereocenters. The zero-order valence-electron chi connectivity index (χ0n) is 17.3. The molecule has 2 N–H and O–H groups in total. The zero-order chi connectivity index (χ0) is 22.5. The number of esters is 2. The van der Waals surface area contributed by atoms with Crippen LogP contribution in [0.4, 0.5) is 10.7 Å². The molecule has 0 radical (unpaired) electrons. The van der Waals surface area contributed by atoms with Crippen LogP contribution >= 0.6 is 23.1 Å². The Labute approximate surface area is 187 Å². The number of thiophene rings is 1. The molecule has 0 bridgehead atoms. The van der Waals surface area contributed by atoms with E-state index in [0.717, 1.165) is 15.3 Å². The van der Waals surface area contributed by atoms with Crippen molar-refractivity contribution in [3.8, 4) is 0 Å². The van der Waals surface area contributed by atoms with Crippen LogP contribution in [-0.4, -0.2) is 42.2 Å². The van der Waals surface area contributed by atoms with Gasteiger partial charge in [-0.05, 0) is 38.5 Å². The van der Waals surface area contributed by atoms with Crippen molar-refractivity contribution in [2.45, 2.75) is 37.3 Å². The van der Waals surface area contributed by atoms with E-state index < -0.39 is 29.7 Å². The number of carbonyl (C=O) groups excluding carboxylic acids is 4. The van der Waals surface area contributed by atoms with Crippen LogP contribution in [-0.2, 0) is 23.9 Å². The van der Waals surface area contributed by atoms with Crippen molar-refractivity contribution in [3.63, 3.8) is 0 Å². The van der Waals surface area contributed by atoms with E-state index in [1.54, 1.807) is 19.9 Å². The molecular formula is C21H22N2O6S2. The molecule has 0 saturated heterocycles. The number of ether oxygens (including phenoxy) is 2. The lowest BCUT2D eigenvalue weighted by molar-refractivity contribution is -0.147. The molecule has 0 saturated carbocycles. The fourth-order valence-electron chi connectivity index (χ4n) is 2.91. The Hall–Kier alpha value is -2.85. The molecule has 3 rings (SSSR count). The smallest absolute Gasteiger partial charge is 0.341 e. The molecule has 0 spiro atoms. The number of benzene rings is 1. The first-order valence-corrected chi connectivity index (χ1v) is 11.3. The molecule has 1 aromatic heterocycles. The normalized spacial score (nSPS) is 14.9. The quantitative estimate of drug-likeness (QED) is 0.606. The van der Waals surface area contributed by atoms with E-state index in [1.807, 2.05) is 25.1 Å². The summed E-state index contributed by atoms with van der Waals surface area (Å²) in [5.74, 6) is -2.04. The van der Waals surface area contributed by atoms with Gasteiger partial charge in [-0.25, -0.2) is 4.79 Å². The zero-order valence-corrected chi connectivity index (χ0v) is 18.9. The molecular weight excluding hydrogens is 440 g/mol. The van der Waals surface area contributed by atoms with Gasteiger partial charge in [-0.2, -0.15) is 0 Å². The third kappa shape index (κ3) is 5.45. The third-order valence-corrected chi connectivity index (χ3v) is 6.94. The Balaban J connectivity index is 1.55. The number of thioether (sulfide) groups is 1. The minimum atomic E-state index is -0.661. The van der Waals surface area contributed by atoms with Crippen LogP contribution < -0.4 is 10.6 Å². The molecule has 8 nitrogen and oxygen atoms in total. The average molecular weight is 463 g/mol. The number of rotatable bonds is 7. The maximum atomic E-state index is 12.3. The summed E-state index contributed by atoms with van der Waals surface area (Å²) < 4.78 is 10.1. The summed E-state index contributed by atoms with van der Waals surface area (Å²) in [5, 5.41) is 5.09. The maximum absolute atomic E-state index is 12.3. The predicted octanol–water partition coefficient (Wildman–Crippen LogP) is 3.53. The Morgan fingerprint density at radius 3 is 2.65 bits per heavy atom. The molecule has 0 fully saturated rings. The Bertz CT molecular complexity index is 1030. The Morgan fingerprint density at radius 2 is 1.90 bits per heavy atom. The standard InChI is InChI=1S/C21H22N2O6S2/c1-4-28-21(27)18-11(2)12(3)30-20(18)23-16(24)10-29-17(25)9-15-19(26)22-13-7-5-6-8-14(13)31-15/h5-8,15H,4,9-10H2,1-3H3,(H,22,26)(H,23,24). The van der Waals surface area contributed by atoms with Crippen LogP contribution in [0.1, 0.15) is 34.1 Å². The van der Waals surface area contributed by atoms with Crippen LogP contribution in [0.25, 0.3) is 0 Å². The Kier molecular flexibility index (Phi) is 7.34. The number of hydrogen-bond donors (Lipinski definition) is 2. The fraction of sp³-hybridized carbons (Fsp3) is 0.333. The number of hydrogen-bond acceptors (Lipinski definition) is 8. The molecule has 2 heterocycles. The summed E-state index contributed by atoms with van der Waals surface area (Å²) in [6, 6.07) is 7.31. The monoisotopic (exact) mass is 462 g/mol. The van der Waals surface area contributed by atoms with Crippen molar-refractivity contribution in [2.24, 2.45) is 0 Å². The summed E-state index contributed by atoms with van der Waals surface area (Å²) in [4.78, 5) is 50.6. The molecule has 2 aromatic rings. The van der Waals surface area contributed by atoms with E-state index >= 15 is 0 Å². The summed E-state index contributed by atoms with van der Waals surface area (Å²) >= 11 is 2.53. The highest BCUT2D eigenvalue weighted by Gasteiger charge is 2.29. The highest BCUT2D eigenvalue weighted by Crippen LogP contribution is 2.37. The first-order chi connectivity index (χ1) is 14.8. The van der Waals surface area contributed by atoms with Crippen LogP contribution in [0.15, 0.2) is 29.2 Å².